The molecule has 0 spiro atoms. The molecule has 9 heteroatoms. The van der Waals surface area contributed by atoms with Gasteiger partial charge in [-0.05, 0) is 18.2 Å². The number of phenolic OH excluding ortho intramolecular Hbond substituents is 1. The van der Waals surface area contributed by atoms with Crippen molar-refractivity contribution in [1.82, 2.24) is 19.6 Å². The Morgan fingerprint density at radius 1 is 1.15 bits per heavy atom. The summed E-state index contributed by atoms with van der Waals surface area (Å²) in [7, 11) is 0. The van der Waals surface area contributed by atoms with Gasteiger partial charge in [0.05, 0.1) is 21.7 Å². The fraction of sp³-hybridized carbons (Fsp3) is 0. The van der Waals surface area contributed by atoms with Crippen molar-refractivity contribution in [1.29, 1.82) is 0 Å². The number of hydrogen-bond acceptors (Lipinski definition) is 7. The van der Waals surface area contributed by atoms with E-state index in [1.54, 1.807) is 30.6 Å². The molecule has 0 unspecified atom stereocenters. The highest BCUT2D eigenvalue weighted by Gasteiger charge is 2.19. The lowest BCUT2D eigenvalue weighted by atomic mass is 10.0. The molecule has 27 heavy (non-hydrogen) atoms. The number of aromatic nitrogens is 4. The highest BCUT2D eigenvalue weighted by Crippen LogP contribution is 2.26. The number of carbonyl (C=O) groups excluding carboxylic acids is 1. The van der Waals surface area contributed by atoms with E-state index in [0.29, 0.717) is 11.3 Å². The van der Waals surface area contributed by atoms with Crippen molar-refractivity contribution in [3.63, 3.8) is 0 Å². The number of nitro benzene ring substituents is 1. The molecule has 3 heterocycles. The van der Waals surface area contributed by atoms with Gasteiger partial charge in [-0.3, -0.25) is 19.9 Å². The second-order valence-electron chi connectivity index (χ2n) is 5.70. The van der Waals surface area contributed by atoms with Crippen molar-refractivity contribution in [3.05, 3.63) is 82.4 Å². The van der Waals surface area contributed by atoms with Crippen molar-refractivity contribution < 1.29 is 14.8 Å². The van der Waals surface area contributed by atoms with Crippen LogP contribution in [0, 0.1) is 10.1 Å². The first-order valence-electron chi connectivity index (χ1n) is 7.81. The Balaban J connectivity index is 1.75. The molecule has 0 aliphatic rings. The molecule has 9 nitrogen and oxygen atoms in total. The number of carbonyl (C=O) groups is 1. The van der Waals surface area contributed by atoms with Crippen LogP contribution in [0.1, 0.15) is 15.9 Å². The van der Waals surface area contributed by atoms with E-state index in [1.807, 2.05) is 0 Å². The highest BCUT2D eigenvalue weighted by atomic mass is 16.6. The normalized spacial score (nSPS) is 10.8. The van der Waals surface area contributed by atoms with Crippen molar-refractivity contribution in [2.45, 2.75) is 0 Å². The second kappa shape index (κ2) is 6.30. The van der Waals surface area contributed by atoms with Gasteiger partial charge in [-0.25, -0.2) is 9.50 Å². The second-order valence-corrected chi connectivity index (χ2v) is 5.70. The Bertz CT molecular complexity index is 1190. The lowest BCUT2D eigenvalue weighted by Crippen LogP contribution is -2.05. The topological polar surface area (TPSA) is 124 Å². The molecule has 4 aromatic rings. The number of rotatable bonds is 4. The Hall–Kier alpha value is -4.14. The first kappa shape index (κ1) is 16.3. The summed E-state index contributed by atoms with van der Waals surface area (Å²) in [5.41, 5.74) is 1.72. The quantitative estimate of drug-likeness (QED) is 0.336. The predicted molar refractivity (Wildman–Crippen MR) is 94.4 cm³/mol. The molecule has 0 fully saturated rings. The van der Waals surface area contributed by atoms with Gasteiger partial charge >= 0.3 is 0 Å². The standard InChI is InChI=1S/C18H11N5O4/c24-16-2-1-13(23(26)27)7-14(16)18(25)12-9-20-17-8-15(21-22(17)10-12)11-3-5-19-6-4-11/h1-10,24H. The monoisotopic (exact) mass is 361 g/mol. The Kier molecular flexibility index (Phi) is 3.81. The molecule has 0 saturated heterocycles. The first-order chi connectivity index (χ1) is 13.0. The number of nitro groups is 1. The summed E-state index contributed by atoms with van der Waals surface area (Å²) in [5.74, 6) is -0.935. The average molecular weight is 361 g/mol. The van der Waals surface area contributed by atoms with Crippen LogP contribution in [-0.4, -0.2) is 35.4 Å². The molecule has 0 bridgehead atoms. The van der Waals surface area contributed by atoms with Gasteiger partial charge in [-0.15, -0.1) is 0 Å². The lowest BCUT2D eigenvalue weighted by molar-refractivity contribution is -0.384. The lowest BCUT2D eigenvalue weighted by Gasteiger charge is -2.04. The van der Waals surface area contributed by atoms with Crippen LogP contribution in [0.2, 0.25) is 0 Å². The number of benzene rings is 1. The van der Waals surface area contributed by atoms with Crippen LogP contribution in [0.25, 0.3) is 16.9 Å². The summed E-state index contributed by atoms with van der Waals surface area (Å²) in [6.07, 6.45) is 6.10. The maximum absolute atomic E-state index is 12.7. The average Bonchev–Trinajstić information content (AvgIpc) is 3.11. The Morgan fingerprint density at radius 2 is 1.93 bits per heavy atom. The van der Waals surface area contributed by atoms with E-state index in [2.05, 4.69) is 15.1 Å². The minimum Gasteiger partial charge on any atom is -0.507 e. The van der Waals surface area contributed by atoms with E-state index in [1.165, 1.54) is 16.9 Å². The van der Waals surface area contributed by atoms with Crippen molar-refractivity contribution in [2.75, 3.05) is 0 Å². The fourth-order valence-electron chi connectivity index (χ4n) is 2.63. The van der Waals surface area contributed by atoms with Crippen LogP contribution in [0.4, 0.5) is 5.69 Å². The van der Waals surface area contributed by atoms with Gasteiger partial charge in [0.2, 0.25) is 0 Å². The molecule has 1 N–H and O–H groups in total. The van der Waals surface area contributed by atoms with E-state index in [4.69, 9.17) is 0 Å². The molecule has 0 radical (unpaired) electrons. The maximum Gasteiger partial charge on any atom is 0.270 e. The molecular formula is C18H11N5O4. The fourth-order valence-corrected chi connectivity index (χ4v) is 2.63. The van der Waals surface area contributed by atoms with Crippen LogP contribution >= 0.6 is 0 Å². The number of pyridine rings is 1. The summed E-state index contributed by atoms with van der Waals surface area (Å²) >= 11 is 0. The van der Waals surface area contributed by atoms with E-state index in [-0.39, 0.29) is 22.6 Å². The van der Waals surface area contributed by atoms with Crippen LogP contribution < -0.4 is 0 Å². The number of nitrogens with zero attached hydrogens (tertiary/aromatic N) is 5. The molecular weight excluding hydrogens is 350 g/mol. The molecule has 0 atom stereocenters. The summed E-state index contributed by atoms with van der Waals surface area (Å²) in [5, 5.41) is 25.2. The Labute approximate surface area is 151 Å². The number of hydrogen-bond donors (Lipinski definition) is 1. The van der Waals surface area contributed by atoms with Crippen molar-refractivity contribution >= 4 is 17.1 Å². The number of ketones is 1. The van der Waals surface area contributed by atoms with Crippen molar-refractivity contribution in [2.24, 2.45) is 0 Å². The predicted octanol–water partition coefficient (Wildman–Crippen LogP) is 2.64. The zero-order chi connectivity index (χ0) is 19.0. The van der Waals surface area contributed by atoms with E-state index in [0.717, 1.165) is 23.8 Å². The zero-order valence-corrected chi connectivity index (χ0v) is 13.7. The van der Waals surface area contributed by atoms with E-state index in [9.17, 15) is 20.0 Å². The summed E-state index contributed by atoms with van der Waals surface area (Å²) in [4.78, 5) is 31.1. The van der Waals surface area contributed by atoms with Crippen molar-refractivity contribution in [3.8, 4) is 17.0 Å². The van der Waals surface area contributed by atoms with Gasteiger partial charge in [0, 0.05) is 48.5 Å². The van der Waals surface area contributed by atoms with Crippen LogP contribution in [0.3, 0.4) is 0 Å². The minimum absolute atomic E-state index is 0.141. The highest BCUT2D eigenvalue weighted by molar-refractivity contribution is 6.10. The first-order valence-corrected chi connectivity index (χ1v) is 7.81. The smallest absolute Gasteiger partial charge is 0.270 e. The van der Waals surface area contributed by atoms with E-state index < -0.39 is 10.7 Å². The largest absolute Gasteiger partial charge is 0.507 e. The van der Waals surface area contributed by atoms with Gasteiger partial charge in [-0.1, -0.05) is 0 Å². The molecule has 0 amide bonds. The molecule has 132 valence electrons. The van der Waals surface area contributed by atoms with Gasteiger partial charge in [0.15, 0.2) is 11.4 Å². The molecule has 4 rings (SSSR count). The van der Waals surface area contributed by atoms with Crippen LogP contribution in [-0.2, 0) is 0 Å². The third-order valence-corrected chi connectivity index (χ3v) is 3.99. The van der Waals surface area contributed by atoms with Gasteiger partial charge in [0.1, 0.15) is 5.75 Å². The van der Waals surface area contributed by atoms with Crippen LogP contribution in [0.15, 0.2) is 61.2 Å². The summed E-state index contributed by atoms with van der Waals surface area (Å²) < 4.78 is 1.44. The van der Waals surface area contributed by atoms with Gasteiger partial charge < -0.3 is 5.11 Å². The maximum atomic E-state index is 12.7. The third-order valence-electron chi connectivity index (χ3n) is 3.99. The zero-order valence-electron chi connectivity index (χ0n) is 13.7. The van der Waals surface area contributed by atoms with E-state index >= 15 is 0 Å². The molecule has 3 aromatic heterocycles. The number of non-ortho nitro benzene ring substituents is 1. The number of fused-ring (bicyclic) bond motifs is 1. The number of phenols is 1. The molecule has 0 saturated carbocycles. The van der Waals surface area contributed by atoms with Gasteiger partial charge in [-0.2, -0.15) is 5.10 Å². The number of aromatic hydroxyl groups is 1. The summed E-state index contributed by atoms with van der Waals surface area (Å²) in [6.45, 7) is 0. The summed E-state index contributed by atoms with van der Waals surface area (Å²) in [6, 6.07) is 8.64. The minimum atomic E-state index is -0.633. The third kappa shape index (κ3) is 2.97. The Morgan fingerprint density at radius 3 is 2.67 bits per heavy atom. The SMILES string of the molecule is O=C(c1cnc2cc(-c3ccncc3)nn2c1)c1cc([N+](=O)[O-])ccc1O. The molecule has 0 aliphatic heterocycles. The molecule has 1 aromatic carbocycles. The van der Waals surface area contributed by atoms with Gasteiger partial charge in [0.25, 0.3) is 5.69 Å². The molecule has 0 aliphatic carbocycles. The van der Waals surface area contributed by atoms with Crippen LogP contribution in [0.5, 0.6) is 5.75 Å².